The molecule has 1 rings (SSSR count). The van der Waals surface area contributed by atoms with Crippen LogP contribution in [0.5, 0.6) is 0 Å². The fourth-order valence-electron chi connectivity index (χ4n) is 1.93. The van der Waals surface area contributed by atoms with Gasteiger partial charge in [0.15, 0.2) is 5.96 Å². The van der Waals surface area contributed by atoms with E-state index in [4.69, 9.17) is 4.74 Å². The highest BCUT2D eigenvalue weighted by molar-refractivity contribution is 5.79. The third-order valence-electron chi connectivity index (χ3n) is 3.42. The Hall–Kier alpha value is -1.55. The highest BCUT2D eigenvalue weighted by atomic mass is 16.5. The number of benzene rings is 1. The SMILES string of the molecule is CCNC(=NCCCCOCc1ccccc1)NC(C)CC. The van der Waals surface area contributed by atoms with Crippen LogP contribution in [0.1, 0.15) is 45.6 Å². The summed E-state index contributed by atoms with van der Waals surface area (Å²) in [7, 11) is 0. The van der Waals surface area contributed by atoms with E-state index in [9.17, 15) is 0 Å². The highest BCUT2D eigenvalue weighted by Gasteiger charge is 2.01. The van der Waals surface area contributed by atoms with Crippen molar-refractivity contribution in [2.75, 3.05) is 19.7 Å². The van der Waals surface area contributed by atoms with Gasteiger partial charge in [0.25, 0.3) is 0 Å². The molecule has 0 radical (unpaired) electrons. The van der Waals surface area contributed by atoms with Crippen LogP contribution in [0.25, 0.3) is 0 Å². The molecule has 0 saturated heterocycles. The maximum atomic E-state index is 5.68. The van der Waals surface area contributed by atoms with E-state index in [2.05, 4.69) is 48.5 Å². The lowest BCUT2D eigenvalue weighted by Crippen LogP contribution is -2.42. The Kier molecular flexibility index (Phi) is 10.1. The molecule has 0 aliphatic rings. The number of unbranched alkanes of at least 4 members (excludes halogenated alkanes) is 1. The summed E-state index contributed by atoms with van der Waals surface area (Å²) in [4.78, 5) is 4.60. The first kappa shape index (κ1) is 18.5. The summed E-state index contributed by atoms with van der Waals surface area (Å²) in [6.07, 6.45) is 3.18. The van der Waals surface area contributed by atoms with Gasteiger partial charge in [-0.15, -0.1) is 0 Å². The molecule has 2 N–H and O–H groups in total. The number of hydrogen-bond acceptors (Lipinski definition) is 2. The number of ether oxygens (including phenoxy) is 1. The first-order chi connectivity index (χ1) is 10.8. The van der Waals surface area contributed by atoms with Gasteiger partial charge in [0.1, 0.15) is 0 Å². The van der Waals surface area contributed by atoms with E-state index >= 15 is 0 Å². The molecule has 1 atom stereocenters. The monoisotopic (exact) mass is 305 g/mol. The Balaban J connectivity index is 2.12. The van der Waals surface area contributed by atoms with Gasteiger partial charge in [-0.05, 0) is 38.7 Å². The van der Waals surface area contributed by atoms with E-state index in [-0.39, 0.29) is 0 Å². The first-order valence-electron chi connectivity index (χ1n) is 8.42. The van der Waals surface area contributed by atoms with Crippen LogP contribution in [0.4, 0.5) is 0 Å². The standard InChI is InChI=1S/C18H31N3O/c1-4-16(3)21-18(19-5-2)20-13-9-10-14-22-15-17-11-7-6-8-12-17/h6-8,11-12,16H,4-5,9-10,13-15H2,1-3H3,(H2,19,20,21). The largest absolute Gasteiger partial charge is 0.377 e. The van der Waals surface area contributed by atoms with Crippen molar-refractivity contribution in [1.29, 1.82) is 0 Å². The zero-order valence-electron chi connectivity index (χ0n) is 14.3. The Morgan fingerprint density at radius 3 is 2.64 bits per heavy atom. The summed E-state index contributed by atoms with van der Waals surface area (Å²) in [5.41, 5.74) is 1.23. The molecule has 1 aromatic carbocycles. The molecule has 124 valence electrons. The fourth-order valence-corrected chi connectivity index (χ4v) is 1.93. The summed E-state index contributed by atoms with van der Waals surface area (Å²) in [6, 6.07) is 10.7. The second-order valence-corrected chi connectivity index (χ2v) is 5.46. The third kappa shape index (κ3) is 8.67. The molecule has 0 bridgehead atoms. The lowest BCUT2D eigenvalue weighted by molar-refractivity contribution is 0.117. The van der Waals surface area contributed by atoms with Crippen LogP contribution in [-0.2, 0) is 11.3 Å². The van der Waals surface area contributed by atoms with E-state index in [0.717, 1.165) is 44.9 Å². The van der Waals surface area contributed by atoms with E-state index in [1.165, 1.54) is 5.56 Å². The molecule has 4 nitrogen and oxygen atoms in total. The average Bonchev–Trinajstić information content (AvgIpc) is 2.54. The molecular formula is C18H31N3O. The van der Waals surface area contributed by atoms with Crippen LogP contribution in [-0.4, -0.2) is 31.7 Å². The smallest absolute Gasteiger partial charge is 0.191 e. The van der Waals surface area contributed by atoms with Crippen molar-refractivity contribution in [3.63, 3.8) is 0 Å². The number of nitrogens with one attached hydrogen (secondary N) is 2. The second kappa shape index (κ2) is 12.0. The van der Waals surface area contributed by atoms with Crippen molar-refractivity contribution >= 4 is 5.96 Å². The minimum Gasteiger partial charge on any atom is -0.377 e. The number of nitrogens with zero attached hydrogens (tertiary/aromatic N) is 1. The lowest BCUT2D eigenvalue weighted by Gasteiger charge is -2.16. The summed E-state index contributed by atoms with van der Waals surface area (Å²) in [6.45, 7) is 9.64. The summed E-state index contributed by atoms with van der Waals surface area (Å²) in [5, 5.41) is 6.68. The molecule has 0 amide bonds. The van der Waals surface area contributed by atoms with E-state index in [1.807, 2.05) is 18.2 Å². The number of aliphatic imine (C=N–C) groups is 1. The number of guanidine groups is 1. The van der Waals surface area contributed by atoms with Gasteiger partial charge in [-0.2, -0.15) is 0 Å². The van der Waals surface area contributed by atoms with Gasteiger partial charge >= 0.3 is 0 Å². The van der Waals surface area contributed by atoms with E-state index in [0.29, 0.717) is 12.6 Å². The van der Waals surface area contributed by atoms with E-state index < -0.39 is 0 Å². The van der Waals surface area contributed by atoms with Crippen molar-refractivity contribution in [3.05, 3.63) is 35.9 Å². The summed E-state index contributed by atoms with van der Waals surface area (Å²) < 4.78 is 5.68. The molecule has 0 saturated carbocycles. The van der Waals surface area contributed by atoms with Gasteiger partial charge in [0.05, 0.1) is 6.61 Å². The Labute approximate surface area is 135 Å². The van der Waals surface area contributed by atoms with Crippen LogP contribution >= 0.6 is 0 Å². The minimum atomic E-state index is 0.451. The predicted molar refractivity (Wildman–Crippen MR) is 94.2 cm³/mol. The summed E-state index contributed by atoms with van der Waals surface area (Å²) in [5.74, 6) is 0.919. The molecule has 0 fully saturated rings. The van der Waals surface area contributed by atoms with Crippen LogP contribution in [0.3, 0.4) is 0 Å². The molecule has 0 spiro atoms. The second-order valence-electron chi connectivity index (χ2n) is 5.46. The molecule has 0 aliphatic heterocycles. The Morgan fingerprint density at radius 1 is 1.18 bits per heavy atom. The molecular weight excluding hydrogens is 274 g/mol. The molecule has 0 aliphatic carbocycles. The van der Waals surface area contributed by atoms with Crippen molar-refractivity contribution in [2.24, 2.45) is 4.99 Å². The van der Waals surface area contributed by atoms with E-state index in [1.54, 1.807) is 0 Å². The van der Waals surface area contributed by atoms with Crippen molar-refractivity contribution in [3.8, 4) is 0 Å². The van der Waals surface area contributed by atoms with Gasteiger partial charge in [0, 0.05) is 25.7 Å². The van der Waals surface area contributed by atoms with Gasteiger partial charge in [0.2, 0.25) is 0 Å². The average molecular weight is 305 g/mol. The van der Waals surface area contributed by atoms with Crippen molar-refractivity contribution < 1.29 is 4.74 Å². The maximum absolute atomic E-state index is 5.68. The van der Waals surface area contributed by atoms with Crippen molar-refractivity contribution in [2.45, 2.75) is 52.7 Å². The predicted octanol–water partition coefficient (Wildman–Crippen LogP) is 3.34. The fraction of sp³-hybridized carbons (Fsp3) is 0.611. The zero-order chi connectivity index (χ0) is 16.0. The zero-order valence-corrected chi connectivity index (χ0v) is 14.3. The quantitative estimate of drug-likeness (QED) is 0.396. The van der Waals surface area contributed by atoms with Crippen molar-refractivity contribution in [1.82, 2.24) is 10.6 Å². The normalized spacial score (nSPS) is 13.0. The van der Waals surface area contributed by atoms with Gasteiger partial charge in [-0.1, -0.05) is 37.3 Å². The Bertz CT molecular complexity index is 406. The van der Waals surface area contributed by atoms with Gasteiger partial charge in [-0.3, -0.25) is 4.99 Å². The number of rotatable bonds is 10. The summed E-state index contributed by atoms with van der Waals surface area (Å²) >= 11 is 0. The molecule has 1 unspecified atom stereocenters. The first-order valence-corrected chi connectivity index (χ1v) is 8.42. The number of hydrogen-bond donors (Lipinski definition) is 2. The molecule has 0 heterocycles. The molecule has 1 aromatic rings. The third-order valence-corrected chi connectivity index (χ3v) is 3.42. The topological polar surface area (TPSA) is 45.7 Å². The maximum Gasteiger partial charge on any atom is 0.191 e. The lowest BCUT2D eigenvalue weighted by atomic mass is 10.2. The molecule has 0 aromatic heterocycles. The van der Waals surface area contributed by atoms with Crippen LogP contribution < -0.4 is 10.6 Å². The van der Waals surface area contributed by atoms with Crippen LogP contribution in [0.15, 0.2) is 35.3 Å². The van der Waals surface area contributed by atoms with Gasteiger partial charge in [-0.25, -0.2) is 0 Å². The molecule has 22 heavy (non-hydrogen) atoms. The molecule has 4 heteroatoms. The Morgan fingerprint density at radius 2 is 1.95 bits per heavy atom. The van der Waals surface area contributed by atoms with Gasteiger partial charge < -0.3 is 15.4 Å². The highest BCUT2D eigenvalue weighted by Crippen LogP contribution is 2.01. The van der Waals surface area contributed by atoms with Crippen LogP contribution in [0.2, 0.25) is 0 Å². The van der Waals surface area contributed by atoms with Crippen LogP contribution in [0, 0.1) is 0 Å². The minimum absolute atomic E-state index is 0.451.